The summed E-state index contributed by atoms with van der Waals surface area (Å²) in [5.74, 6) is 0.845. The van der Waals surface area contributed by atoms with Gasteiger partial charge in [0.1, 0.15) is 11.7 Å². The van der Waals surface area contributed by atoms with Gasteiger partial charge in [-0.2, -0.15) is 0 Å². The molecule has 0 aliphatic carbocycles. The highest BCUT2D eigenvalue weighted by atomic mass is 79.9. The van der Waals surface area contributed by atoms with E-state index in [1.54, 1.807) is 24.5 Å². The van der Waals surface area contributed by atoms with Crippen LogP contribution in [0.25, 0.3) is 0 Å². The number of pyridine rings is 1. The zero-order chi connectivity index (χ0) is 17.2. The molecule has 0 amide bonds. The van der Waals surface area contributed by atoms with Gasteiger partial charge < -0.3 is 5.32 Å². The van der Waals surface area contributed by atoms with Crippen molar-refractivity contribution in [3.63, 3.8) is 0 Å². The molecular weight excluding hydrogens is 383 g/mol. The second kappa shape index (κ2) is 6.57. The number of halogens is 2. The number of hydrogen-bond acceptors (Lipinski definition) is 4. The highest BCUT2D eigenvalue weighted by Gasteiger charge is 2.15. The number of fused-ring (bicyclic) bond motifs is 1. The minimum absolute atomic E-state index is 0.295. The quantitative estimate of drug-likeness (QED) is 0.669. The highest BCUT2D eigenvalue weighted by Crippen LogP contribution is 2.31. The van der Waals surface area contributed by atoms with Crippen molar-refractivity contribution < 1.29 is 4.39 Å². The predicted molar refractivity (Wildman–Crippen MR) is 101 cm³/mol. The minimum atomic E-state index is -0.295. The van der Waals surface area contributed by atoms with Crippen LogP contribution < -0.4 is 5.32 Å². The van der Waals surface area contributed by atoms with Crippen LogP contribution in [0.1, 0.15) is 11.1 Å². The first kappa shape index (κ1) is 15.7. The van der Waals surface area contributed by atoms with E-state index in [0.29, 0.717) is 11.7 Å². The van der Waals surface area contributed by atoms with E-state index >= 15 is 0 Å². The van der Waals surface area contributed by atoms with Gasteiger partial charge >= 0.3 is 0 Å². The molecule has 0 fully saturated rings. The molecule has 1 aromatic heterocycles. The maximum absolute atomic E-state index is 13.3. The van der Waals surface area contributed by atoms with Gasteiger partial charge in [-0.15, -0.1) is 0 Å². The topological polar surface area (TPSA) is 49.6 Å². The number of rotatable bonds is 2. The Balaban J connectivity index is 1.89. The van der Waals surface area contributed by atoms with Crippen LogP contribution >= 0.6 is 15.9 Å². The largest absolute Gasteiger partial charge is 0.338 e. The lowest BCUT2D eigenvalue weighted by molar-refractivity contribution is 0.628. The molecule has 1 aliphatic heterocycles. The Morgan fingerprint density at radius 3 is 2.52 bits per heavy atom. The van der Waals surface area contributed by atoms with E-state index in [0.717, 1.165) is 27.0 Å². The Labute approximate surface area is 152 Å². The van der Waals surface area contributed by atoms with Crippen molar-refractivity contribution >= 4 is 39.0 Å². The van der Waals surface area contributed by atoms with Gasteiger partial charge in [0.2, 0.25) is 0 Å². The average Bonchev–Trinajstić information content (AvgIpc) is 2.82. The van der Waals surface area contributed by atoms with Gasteiger partial charge in [-0.25, -0.2) is 14.4 Å². The third-order valence-electron chi connectivity index (χ3n) is 3.69. The van der Waals surface area contributed by atoms with Gasteiger partial charge in [0, 0.05) is 28.0 Å². The first-order valence-corrected chi connectivity index (χ1v) is 8.39. The average molecular weight is 395 g/mol. The molecule has 2 heterocycles. The molecule has 0 spiro atoms. The summed E-state index contributed by atoms with van der Waals surface area (Å²) in [6, 6.07) is 15.7. The second-order valence-electron chi connectivity index (χ2n) is 5.43. The summed E-state index contributed by atoms with van der Waals surface area (Å²) in [5, 5.41) is 3.32. The lowest BCUT2D eigenvalue weighted by Gasteiger charge is -2.09. The SMILES string of the molecule is Fc1ccc(C2=Nc3ccc(Br)cc3NC(c3cccnc3)=N2)cc1. The monoisotopic (exact) mass is 394 g/mol. The Morgan fingerprint density at radius 2 is 1.76 bits per heavy atom. The number of amidine groups is 2. The van der Waals surface area contributed by atoms with Crippen molar-refractivity contribution in [2.75, 3.05) is 5.32 Å². The Morgan fingerprint density at radius 1 is 0.920 bits per heavy atom. The number of aromatic nitrogens is 1. The molecule has 6 heteroatoms. The number of anilines is 1. The van der Waals surface area contributed by atoms with Crippen LogP contribution in [0.15, 0.2) is 81.4 Å². The zero-order valence-electron chi connectivity index (χ0n) is 12.9. The molecule has 0 saturated heterocycles. The fraction of sp³-hybridized carbons (Fsp3) is 0. The van der Waals surface area contributed by atoms with Crippen molar-refractivity contribution in [1.29, 1.82) is 0 Å². The molecule has 4 rings (SSSR count). The fourth-order valence-electron chi connectivity index (χ4n) is 2.47. The van der Waals surface area contributed by atoms with E-state index < -0.39 is 0 Å². The standard InChI is InChI=1S/C19H12BrFN4/c20-14-5-8-16-17(10-14)24-19(13-2-1-9-22-11-13)25-18(23-16)12-3-6-15(21)7-4-12/h1-11H,(H,23,24,25). The maximum atomic E-state index is 13.3. The Hall–Kier alpha value is -2.86. The Kier molecular flexibility index (Phi) is 4.11. The van der Waals surface area contributed by atoms with E-state index in [2.05, 4.69) is 36.2 Å². The van der Waals surface area contributed by atoms with Gasteiger partial charge in [0.05, 0.1) is 11.4 Å². The van der Waals surface area contributed by atoms with Crippen LogP contribution in [0.3, 0.4) is 0 Å². The van der Waals surface area contributed by atoms with Gasteiger partial charge in [0.25, 0.3) is 0 Å². The second-order valence-corrected chi connectivity index (χ2v) is 6.35. The molecular formula is C19H12BrFN4. The molecule has 0 unspecified atom stereocenters. The maximum Gasteiger partial charge on any atom is 0.162 e. The molecule has 25 heavy (non-hydrogen) atoms. The first-order valence-electron chi connectivity index (χ1n) is 7.59. The van der Waals surface area contributed by atoms with Gasteiger partial charge in [-0.3, -0.25) is 4.98 Å². The van der Waals surface area contributed by atoms with Gasteiger partial charge in [0.15, 0.2) is 5.84 Å². The lowest BCUT2D eigenvalue weighted by Crippen LogP contribution is -2.15. The molecule has 4 nitrogen and oxygen atoms in total. The summed E-state index contributed by atoms with van der Waals surface area (Å²) in [4.78, 5) is 13.5. The van der Waals surface area contributed by atoms with E-state index in [1.807, 2.05) is 30.3 Å². The summed E-state index contributed by atoms with van der Waals surface area (Å²) in [5.41, 5.74) is 3.16. The summed E-state index contributed by atoms with van der Waals surface area (Å²) in [6.07, 6.45) is 3.44. The summed E-state index contributed by atoms with van der Waals surface area (Å²) in [7, 11) is 0. The van der Waals surface area contributed by atoms with E-state index in [4.69, 9.17) is 0 Å². The molecule has 0 radical (unpaired) electrons. The third kappa shape index (κ3) is 3.34. The van der Waals surface area contributed by atoms with Crippen LogP contribution in [0.5, 0.6) is 0 Å². The Bertz CT molecular complexity index is 982. The number of nitrogens with one attached hydrogen (secondary N) is 1. The van der Waals surface area contributed by atoms with Gasteiger partial charge in [-0.05, 0) is 54.6 Å². The predicted octanol–water partition coefficient (Wildman–Crippen LogP) is 4.93. The molecule has 3 aromatic rings. The van der Waals surface area contributed by atoms with Crippen LogP contribution in [-0.2, 0) is 0 Å². The van der Waals surface area contributed by atoms with E-state index in [1.165, 1.54) is 12.1 Å². The molecule has 122 valence electrons. The van der Waals surface area contributed by atoms with Crippen LogP contribution in [-0.4, -0.2) is 16.7 Å². The van der Waals surface area contributed by atoms with Crippen molar-refractivity contribution in [1.82, 2.24) is 4.98 Å². The molecule has 1 N–H and O–H groups in total. The summed E-state index contributed by atoms with van der Waals surface area (Å²) in [6.45, 7) is 0. The van der Waals surface area contributed by atoms with Crippen LogP contribution in [0, 0.1) is 5.82 Å². The van der Waals surface area contributed by atoms with E-state index in [-0.39, 0.29) is 5.82 Å². The van der Waals surface area contributed by atoms with Crippen molar-refractivity contribution in [3.8, 4) is 0 Å². The number of benzene rings is 2. The van der Waals surface area contributed by atoms with Gasteiger partial charge in [-0.1, -0.05) is 15.9 Å². The minimum Gasteiger partial charge on any atom is -0.338 e. The summed E-state index contributed by atoms with van der Waals surface area (Å²) >= 11 is 3.48. The number of hydrogen-bond donors (Lipinski definition) is 1. The van der Waals surface area contributed by atoms with Crippen molar-refractivity contribution in [2.24, 2.45) is 9.98 Å². The molecule has 2 aromatic carbocycles. The zero-order valence-corrected chi connectivity index (χ0v) is 14.5. The normalized spacial score (nSPS) is 13.2. The van der Waals surface area contributed by atoms with Crippen LogP contribution in [0.4, 0.5) is 15.8 Å². The smallest absolute Gasteiger partial charge is 0.162 e. The van der Waals surface area contributed by atoms with Crippen molar-refractivity contribution in [3.05, 3.63) is 88.4 Å². The third-order valence-corrected chi connectivity index (χ3v) is 4.19. The number of nitrogens with zero attached hydrogens (tertiary/aromatic N) is 3. The molecule has 0 atom stereocenters. The summed E-state index contributed by atoms with van der Waals surface area (Å²) < 4.78 is 14.2. The molecule has 0 saturated carbocycles. The lowest BCUT2D eigenvalue weighted by atomic mass is 10.2. The molecule has 1 aliphatic rings. The first-order chi connectivity index (χ1) is 12.2. The van der Waals surface area contributed by atoms with E-state index in [9.17, 15) is 4.39 Å². The van der Waals surface area contributed by atoms with Crippen molar-refractivity contribution in [2.45, 2.75) is 0 Å². The van der Waals surface area contributed by atoms with Crippen LogP contribution in [0.2, 0.25) is 0 Å². The fourth-order valence-corrected chi connectivity index (χ4v) is 2.84. The molecule has 0 bridgehead atoms. The number of aliphatic imine (C=N–C) groups is 2. The highest BCUT2D eigenvalue weighted by molar-refractivity contribution is 9.10.